The molecule has 0 aliphatic heterocycles. The summed E-state index contributed by atoms with van der Waals surface area (Å²) < 4.78 is 6.73. The normalized spacial score (nSPS) is 42.9. The van der Waals surface area contributed by atoms with Gasteiger partial charge in [-0.3, -0.25) is 9.59 Å². The number of carboxylic acids is 1. The highest BCUT2D eigenvalue weighted by molar-refractivity contribution is 5.93. The first-order valence-corrected chi connectivity index (χ1v) is 24.0. The highest BCUT2D eigenvalue weighted by atomic mass is 16.5. The molecule has 14 atom stereocenters. The Hall–Kier alpha value is -2.88. The number of nitrogens with zero attached hydrogens (tertiary/aromatic N) is 1. The SMILES string of the molecule is C#C[C@]1(O)CC[C@H]2[C@@H]3CCC4=CC(=O)CCC4=C3[C@@H](c3ccc(N(C)CCOC4CC[C@@]5(C)[C@H](CC[C@@H]6[C@@H]5CC[C@]5(C)[C@@H]([C@H](C)CCC(=O)O)CC[C@@H]65)C4)cc3)C[C@@]21C. The molecule has 9 rings (SSSR count). The molecular weight excluding hydrogens is 731 g/mol. The number of carbonyl (C=O) groups is 2. The second kappa shape index (κ2) is 15.5. The van der Waals surface area contributed by atoms with Crippen LogP contribution in [0, 0.1) is 75.9 Å². The largest absolute Gasteiger partial charge is 0.481 e. The number of hydrogen-bond donors (Lipinski definition) is 2. The van der Waals surface area contributed by atoms with Gasteiger partial charge in [0.1, 0.15) is 5.60 Å². The molecule has 1 aromatic carbocycles. The van der Waals surface area contributed by atoms with E-state index in [1.54, 1.807) is 5.57 Å². The molecule has 8 aliphatic carbocycles. The molecule has 59 heavy (non-hydrogen) atoms. The van der Waals surface area contributed by atoms with Crippen molar-refractivity contribution in [2.75, 3.05) is 25.1 Å². The number of carboxylic acid groups (broad SMARTS) is 1. The minimum Gasteiger partial charge on any atom is -0.481 e. The van der Waals surface area contributed by atoms with Crippen LogP contribution in [0.25, 0.3) is 0 Å². The van der Waals surface area contributed by atoms with Crippen LogP contribution in [-0.4, -0.2) is 53.9 Å². The number of benzene rings is 1. The van der Waals surface area contributed by atoms with Crippen LogP contribution in [0.5, 0.6) is 0 Å². The van der Waals surface area contributed by atoms with Gasteiger partial charge in [0.25, 0.3) is 0 Å². The van der Waals surface area contributed by atoms with Crippen molar-refractivity contribution < 1.29 is 24.5 Å². The third kappa shape index (κ3) is 6.81. The summed E-state index contributed by atoms with van der Waals surface area (Å²) in [7, 11) is 2.19. The van der Waals surface area contributed by atoms with Gasteiger partial charge in [0.2, 0.25) is 0 Å². The summed E-state index contributed by atoms with van der Waals surface area (Å²) in [6.45, 7) is 11.4. The van der Waals surface area contributed by atoms with Gasteiger partial charge >= 0.3 is 5.97 Å². The van der Waals surface area contributed by atoms with Crippen molar-refractivity contribution in [1.29, 1.82) is 0 Å². The lowest BCUT2D eigenvalue weighted by molar-refractivity contribution is -0.139. The lowest BCUT2D eigenvalue weighted by Gasteiger charge is -2.61. The summed E-state index contributed by atoms with van der Waals surface area (Å²) in [5.41, 5.74) is 6.13. The van der Waals surface area contributed by atoms with Gasteiger partial charge in [-0.05, 0) is 196 Å². The fraction of sp³-hybridized carbons (Fsp3) is 0.736. The fourth-order valence-electron chi connectivity index (χ4n) is 16.5. The number of fused-ring (bicyclic) bond motifs is 9. The van der Waals surface area contributed by atoms with Gasteiger partial charge in [-0.15, -0.1) is 6.42 Å². The molecule has 0 radical (unpaired) electrons. The van der Waals surface area contributed by atoms with Gasteiger partial charge in [0.05, 0.1) is 12.7 Å². The van der Waals surface area contributed by atoms with Crippen molar-refractivity contribution in [3.8, 4) is 12.3 Å². The molecule has 0 heterocycles. The topological polar surface area (TPSA) is 87.1 Å². The highest BCUT2D eigenvalue weighted by Gasteiger charge is 2.63. The fourth-order valence-corrected chi connectivity index (χ4v) is 16.5. The van der Waals surface area contributed by atoms with Crippen molar-refractivity contribution in [2.45, 2.75) is 161 Å². The zero-order valence-electron chi connectivity index (χ0n) is 36.9. The molecule has 6 nitrogen and oxygen atoms in total. The summed E-state index contributed by atoms with van der Waals surface area (Å²) in [6.07, 6.45) is 27.1. The van der Waals surface area contributed by atoms with Crippen molar-refractivity contribution in [1.82, 2.24) is 0 Å². The molecule has 0 aromatic heterocycles. The smallest absolute Gasteiger partial charge is 0.303 e. The number of allylic oxidation sites excluding steroid dienone is 4. The Morgan fingerprint density at radius 1 is 0.932 bits per heavy atom. The maximum absolute atomic E-state index is 12.5. The van der Waals surface area contributed by atoms with E-state index in [1.165, 1.54) is 80.2 Å². The summed E-state index contributed by atoms with van der Waals surface area (Å²) in [5.74, 6) is 7.86. The number of hydrogen-bond acceptors (Lipinski definition) is 5. The zero-order valence-corrected chi connectivity index (χ0v) is 36.9. The molecule has 0 spiro atoms. The van der Waals surface area contributed by atoms with Crippen LogP contribution < -0.4 is 4.90 Å². The van der Waals surface area contributed by atoms with Crippen LogP contribution in [-0.2, 0) is 14.3 Å². The average molecular weight is 804 g/mol. The van der Waals surface area contributed by atoms with Crippen LogP contribution in [0.4, 0.5) is 5.69 Å². The summed E-state index contributed by atoms with van der Waals surface area (Å²) in [5, 5.41) is 21.2. The molecule has 6 heteroatoms. The Labute approximate surface area is 355 Å². The molecule has 2 N–H and O–H groups in total. The number of ether oxygens (including phenoxy) is 1. The van der Waals surface area contributed by atoms with Gasteiger partial charge in [-0.25, -0.2) is 0 Å². The molecule has 8 aliphatic rings. The second-order valence-electron chi connectivity index (χ2n) is 22.1. The number of ketones is 1. The standard InChI is InChI=1S/C53H73NO5/c1-7-53(58)27-24-47-42-16-11-35-30-38(55)15-18-40(35)49(42)43(32-52(47,53)5)34-9-13-37(14-10-34)54(6)28-29-59-39-22-25-50(3)36(31-39)12-17-41-45-20-19-44(33(2)8-21-48(56)57)51(45,4)26-23-46(41)50/h1,9-10,13-14,30,33,36,39,41-47,58H,8,11-12,15-29,31-32H2,2-6H3,(H,56,57)/t33-,36-,39?,41+,42+,43-,44-,45+,46+,47+,50+,51-,52+,53+/m1/s1. The van der Waals surface area contributed by atoms with Gasteiger partial charge < -0.3 is 19.8 Å². The van der Waals surface area contributed by atoms with Gasteiger partial charge in [0, 0.05) is 43.5 Å². The minimum atomic E-state index is -1.08. The van der Waals surface area contributed by atoms with E-state index in [2.05, 4.69) is 69.8 Å². The first kappa shape index (κ1) is 41.5. The number of anilines is 1. The number of aliphatic carboxylic acids is 1. The van der Waals surface area contributed by atoms with E-state index in [0.717, 1.165) is 75.3 Å². The van der Waals surface area contributed by atoms with E-state index in [0.29, 0.717) is 59.9 Å². The summed E-state index contributed by atoms with van der Waals surface area (Å²) >= 11 is 0. The lowest BCUT2D eigenvalue weighted by Crippen LogP contribution is -2.54. The van der Waals surface area contributed by atoms with E-state index >= 15 is 0 Å². The maximum Gasteiger partial charge on any atom is 0.303 e. The quantitative estimate of drug-likeness (QED) is 0.229. The molecule has 320 valence electrons. The third-order valence-corrected chi connectivity index (χ3v) is 19.8. The van der Waals surface area contributed by atoms with Crippen LogP contribution in [0.2, 0.25) is 0 Å². The van der Waals surface area contributed by atoms with Crippen molar-refractivity contribution in [2.24, 2.45) is 63.6 Å². The number of likely N-dealkylation sites (N-methyl/N-ethyl adjacent to an activating group) is 1. The van der Waals surface area contributed by atoms with Crippen LogP contribution in [0.15, 0.2) is 47.1 Å². The maximum atomic E-state index is 12.5. The molecule has 0 saturated heterocycles. The first-order chi connectivity index (χ1) is 28.2. The lowest BCUT2D eigenvalue weighted by atomic mass is 9.44. The van der Waals surface area contributed by atoms with E-state index in [-0.39, 0.29) is 17.1 Å². The van der Waals surface area contributed by atoms with Gasteiger partial charge in [-0.2, -0.15) is 0 Å². The van der Waals surface area contributed by atoms with Crippen LogP contribution in [0.3, 0.4) is 0 Å². The van der Waals surface area contributed by atoms with E-state index in [4.69, 9.17) is 11.2 Å². The van der Waals surface area contributed by atoms with Gasteiger partial charge in [0.15, 0.2) is 5.78 Å². The molecule has 6 fully saturated rings. The second-order valence-corrected chi connectivity index (χ2v) is 22.1. The Morgan fingerprint density at radius 2 is 1.68 bits per heavy atom. The highest BCUT2D eigenvalue weighted by Crippen LogP contribution is 2.69. The van der Waals surface area contributed by atoms with Crippen molar-refractivity contribution >= 4 is 17.4 Å². The Bertz CT molecular complexity index is 1910. The monoisotopic (exact) mass is 804 g/mol. The van der Waals surface area contributed by atoms with Crippen molar-refractivity contribution in [3.05, 3.63) is 52.6 Å². The van der Waals surface area contributed by atoms with E-state index in [1.807, 2.05) is 6.08 Å². The Balaban J connectivity index is 0.821. The van der Waals surface area contributed by atoms with E-state index in [9.17, 15) is 19.8 Å². The first-order valence-electron chi connectivity index (χ1n) is 24.0. The summed E-state index contributed by atoms with van der Waals surface area (Å²) in [6, 6.07) is 9.19. The van der Waals surface area contributed by atoms with Crippen LogP contribution >= 0.6 is 0 Å². The third-order valence-electron chi connectivity index (χ3n) is 19.8. The van der Waals surface area contributed by atoms with Gasteiger partial charge in [-0.1, -0.05) is 51.3 Å². The van der Waals surface area contributed by atoms with Crippen molar-refractivity contribution in [3.63, 3.8) is 0 Å². The zero-order chi connectivity index (χ0) is 41.5. The van der Waals surface area contributed by atoms with Crippen LogP contribution in [0.1, 0.15) is 155 Å². The number of terminal acetylenes is 1. The Kier molecular flexibility index (Phi) is 10.9. The molecule has 0 bridgehead atoms. The average Bonchev–Trinajstić information content (AvgIpc) is 3.72. The molecule has 1 aromatic rings. The van der Waals surface area contributed by atoms with E-state index < -0.39 is 11.6 Å². The molecule has 1 unspecified atom stereocenters. The molecular formula is C53H73NO5. The number of aliphatic hydroxyl groups is 1. The number of carbonyl (C=O) groups excluding carboxylic acids is 1. The Morgan fingerprint density at radius 3 is 2.44 bits per heavy atom. The molecule has 6 saturated carbocycles. The summed E-state index contributed by atoms with van der Waals surface area (Å²) in [4.78, 5) is 26.2. The predicted molar refractivity (Wildman–Crippen MR) is 235 cm³/mol. The molecule has 0 amide bonds. The minimum absolute atomic E-state index is 0.188. The number of rotatable bonds is 10. The predicted octanol–water partition coefficient (Wildman–Crippen LogP) is 10.9.